The molecule has 1 aromatic heterocycles. The number of aromatic nitrogens is 1. The Labute approximate surface area is 105 Å². The first-order chi connectivity index (χ1) is 8.01. The maximum absolute atomic E-state index is 12.7. The summed E-state index contributed by atoms with van der Waals surface area (Å²) < 4.78 is 34.8. The van der Waals surface area contributed by atoms with Crippen LogP contribution in [0.1, 0.15) is 29.4 Å². The Balaban J connectivity index is 3.22. The maximum Gasteiger partial charge on any atom is 0.357 e. The molecule has 0 saturated carbocycles. The molecule has 1 aromatic rings. The van der Waals surface area contributed by atoms with E-state index in [9.17, 15) is 13.6 Å². The number of alkyl halides is 2. The lowest BCUT2D eigenvalue weighted by atomic mass is 10.2. The Morgan fingerprint density at radius 3 is 2.71 bits per heavy atom. The van der Waals surface area contributed by atoms with E-state index in [0.717, 1.165) is 6.07 Å². The number of nitrogens with zero attached hydrogens (tertiary/aromatic N) is 1. The smallest absolute Gasteiger partial charge is 0.357 e. The van der Waals surface area contributed by atoms with E-state index in [-0.39, 0.29) is 28.2 Å². The van der Waals surface area contributed by atoms with E-state index in [0.29, 0.717) is 0 Å². The van der Waals surface area contributed by atoms with Gasteiger partial charge in [-0.05, 0) is 22.9 Å². The van der Waals surface area contributed by atoms with E-state index in [1.54, 1.807) is 6.92 Å². The van der Waals surface area contributed by atoms with Crippen LogP contribution in [-0.4, -0.2) is 24.7 Å². The number of carbonyl (C=O) groups is 1. The highest BCUT2D eigenvalue weighted by molar-refractivity contribution is 9.10. The van der Waals surface area contributed by atoms with Crippen LogP contribution in [0.25, 0.3) is 0 Å². The molecule has 0 aliphatic rings. The van der Waals surface area contributed by atoms with E-state index >= 15 is 0 Å². The number of esters is 1. The van der Waals surface area contributed by atoms with Crippen LogP contribution in [0, 0.1) is 0 Å². The molecular formula is C10H10BrF2NO3. The Morgan fingerprint density at radius 2 is 2.24 bits per heavy atom. The Bertz CT molecular complexity index is 426. The fraction of sp³-hybridized carbons (Fsp3) is 0.400. The van der Waals surface area contributed by atoms with Gasteiger partial charge >= 0.3 is 5.97 Å². The van der Waals surface area contributed by atoms with Crippen LogP contribution >= 0.6 is 15.9 Å². The standard InChI is InChI=1S/C10H10BrF2NO3/c1-3-17-10(15)5-4-6(16-2)7(9(12)13)8(11)14-5/h4,9H,3H2,1-2H3. The first-order valence-electron chi connectivity index (χ1n) is 4.71. The van der Waals surface area contributed by atoms with Crippen molar-refractivity contribution in [1.29, 1.82) is 0 Å². The molecule has 0 unspecified atom stereocenters. The topological polar surface area (TPSA) is 48.4 Å². The van der Waals surface area contributed by atoms with Gasteiger partial charge < -0.3 is 9.47 Å². The number of hydrogen-bond acceptors (Lipinski definition) is 4. The largest absolute Gasteiger partial charge is 0.496 e. The third kappa shape index (κ3) is 3.12. The fourth-order valence-electron chi connectivity index (χ4n) is 1.18. The van der Waals surface area contributed by atoms with Crippen molar-refractivity contribution in [2.45, 2.75) is 13.3 Å². The molecule has 1 heterocycles. The van der Waals surface area contributed by atoms with Crippen LogP contribution in [0.5, 0.6) is 5.75 Å². The van der Waals surface area contributed by atoms with E-state index in [4.69, 9.17) is 9.47 Å². The second-order valence-electron chi connectivity index (χ2n) is 2.94. The number of ether oxygens (including phenoxy) is 2. The zero-order valence-corrected chi connectivity index (χ0v) is 10.8. The Kier molecular flexibility index (Phi) is 4.80. The van der Waals surface area contributed by atoms with Crippen molar-refractivity contribution in [2.75, 3.05) is 13.7 Å². The second-order valence-corrected chi connectivity index (χ2v) is 3.69. The molecule has 0 bridgehead atoms. The lowest BCUT2D eigenvalue weighted by Gasteiger charge is -2.11. The molecule has 0 atom stereocenters. The number of rotatable bonds is 4. The van der Waals surface area contributed by atoms with Crippen LogP contribution < -0.4 is 4.74 Å². The van der Waals surface area contributed by atoms with Crippen molar-refractivity contribution < 1.29 is 23.0 Å². The number of carbonyl (C=O) groups excluding carboxylic acids is 1. The van der Waals surface area contributed by atoms with Gasteiger partial charge in [0.15, 0.2) is 5.69 Å². The average Bonchev–Trinajstić information content (AvgIpc) is 2.27. The summed E-state index contributed by atoms with van der Waals surface area (Å²) in [6.07, 6.45) is -2.75. The van der Waals surface area contributed by atoms with Crippen molar-refractivity contribution in [1.82, 2.24) is 4.98 Å². The van der Waals surface area contributed by atoms with Gasteiger partial charge in [0.25, 0.3) is 6.43 Å². The molecule has 0 fully saturated rings. The van der Waals surface area contributed by atoms with Gasteiger partial charge in [-0.15, -0.1) is 0 Å². The highest BCUT2D eigenvalue weighted by atomic mass is 79.9. The normalized spacial score (nSPS) is 10.5. The van der Waals surface area contributed by atoms with E-state index in [2.05, 4.69) is 20.9 Å². The van der Waals surface area contributed by atoms with Crippen LogP contribution in [0.2, 0.25) is 0 Å². The molecule has 0 amide bonds. The average molecular weight is 310 g/mol. The van der Waals surface area contributed by atoms with Crippen molar-refractivity contribution >= 4 is 21.9 Å². The first kappa shape index (κ1) is 13.8. The van der Waals surface area contributed by atoms with Crippen LogP contribution in [0.15, 0.2) is 10.7 Å². The molecule has 0 saturated heterocycles. The quantitative estimate of drug-likeness (QED) is 0.634. The molecule has 0 aliphatic heterocycles. The van der Waals surface area contributed by atoms with Gasteiger partial charge in [-0.25, -0.2) is 18.6 Å². The lowest BCUT2D eigenvalue weighted by Crippen LogP contribution is -2.09. The predicted molar refractivity (Wildman–Crippen MR) is 59.4 cm³/mol. The van der Waals surface area contributed by atoms with E-state index in [1.807, 2.05) is 0 Å². The molecule has 0 spiro atoms. The maximum atomic E-state index is 12.7. The molecule has 94 valence electrons. The van der Waals surface area contributed by atoms with Crippen molar-refractivity contribution in [3.8, 4) is 5.75 Å². The minimum absolute atomic E-state index is 0.0834. The molecule has 7 heteroatoms. The summed E-state index contributed by atoms with van der Waals surface area (Å²) in [4.78, 5) is 15.1. The Morgan fingerprint density at radius 1 is 1.59 bits per heavy atom. The molecule has 1 rings (SSSR count). The molecule has 0 radical (unpaired) electrons. The zero-order valence-electron chi connectivity index (χ0n) is 9.17. The minimum atomic E-state index is -2.75. The van der Waals surface area contributed by atoms with Gasteiger partial charge in [0.05, 0.1) is 19.3 Å². The summed E-state index contributed by atoms with van der Waals surface area (Å²) in [5.74, 6) is -0.794. The fourth-order valence-corrected chi connectivity index (χ4v) is 1.74. The monoisotopic (exact) mass is 309 g/mol. The van der Waals surface area contributed by atoms with Gasteiger partial charge in [0, 0.05) is 6.07 Å². The summed E-state index contributed by atoms with van der Waals surface area (Å²) in [5, 5.41) is 0. The SMILES string of the molecule is CCOC(=O)c1cc(OC)c(C(F)F)c(Br)n1. The van der Waals surface area contributed by atoms with Crippen LogP contribution in [0.4, 0.5) is 8.78 Å². The van der Waals surface area contributed by atoms with Gasteiger partial charge in [-0.2, -0.15) is 0 Å². The molecule has 17 heavy (non-hydrogen) atoms. The summed E-state index contributed by atoms with van der Waals surface area (Å²) in [7, 11) is 1.24. The molecule has 0 aromatic carbocycles. The van der Waals surface area contributed by atoms with E-state index in [1.165, 1.54) is 7.11 Å². The van der Waals surface area contributed by atoms with Crippen molar-refractivity contribution in [2.24, 2.45) is 0 Å². The van der Waals surface area contributed by atoms with Crippen LogP contribution in [0.3, 0.4) is 0 Å². The van der Waals surface area contributed by atoms with Gasteiger partial charge in [0.1, 0.15) is 10.4 Å². The third-order valence-electron chi connectivity index (χ3n) is 1.90. The second kappa shape index (κ2) is 5.90. The highest BCUT2D eigenvalue weighted by Crippen LogP contribution is 2.34. The molecule has 0 aliphatic carbocycles. The summed E-state index contributed by atoms with van der Waals surface area (Å²) in [6.45, 7) is 1.81. The van der Waals surface area contributed by atoms with Gasteiger partial charge in [0.2, 0.25) is 0 Å². The minimum Gasteiger partial charge on any atom is -0.496 e. The predicted octanol–water partition coefficient (Wildman–Crippen LogP) is 2.97. The highest BCUT2D eigenvalue weighted by Gasteiger charge is 2.22. The zero-order chi connectivity index (χ0) is 13.0. The third-order valence-corrected chi connectivity index (χ3v) is 2.50. The molecular weight excluding hydrogens is 300 g/mol. The number of pyridine rings is 1. The Hall–Kier alpha value is -1.24. The number of halogens is 3. The van der Waals surface area contributed by atoms with E-state index < -0.39 is 12.4 Å². The summed E-state index contributed by atoms with van der Waals surface area (Å²) in [6, 6.07) is 1.13. The molecule has 4 nitrogen and oxygen atoms in total. The van der Waals surface area contributed by atoms with Gasteiger partial charge in [-0.1, -0.05) is 0 Å². The summed E-state index contributed by atoms with van der Waals surface area (Å²) in [5.41, 5.74) is -0.472. The van der Waals surface area contributed by atoms with Gasteiger partial charge in [-0.3, -0.25) is 0 Å². The van der Waals surface area contributed by atoms with Crippen molar-refractivity contribution in [3.05, 3.63) is 21.9 Å². The molecule has 0 N–H and O–H groups in total. The lowest BCUT2D eigenvalue weighted by molar-refractivity contribution is 0.0518. The first-order valence-corrected chi connectivity index (χ1v) is 5.50. The number of methoxy groups -OCH3 is 1. The van der Waals surface area contributed by atoms with Crippen molar-refractivity contribution in [3.63, 3.8) is 0 Å². The number of hydrogen-bond donors (Lipinski definition) is 0. The van der Waals surface area contributed by atoms with Crippen LogP contribution in [-0.2, 0) is 4.74 Å². The summed E-state index contributed by atoms with van der Waals surface area (Å²) >= 11 is 2.88.